The van der Waals surface area contributed by atoms with Crippen molar-refractivity contribution < 1.29 is 4.79 Å². The molecule has 0 fully saturated rings. The summed E-state index contributed by atoms with van der Waals surface area (Å²) in [7, 11) is 0. The second-order valence-electron chi connectivity index (χ2n) is 4.92. The lowest BCUT2D eigenvalue weighted by Gasteiger charge is -2.03. The van der Waals surface area contributed by atoms with Gasteiger partial charge < -0.3 is 5.32 Å². The van der Waals surface area contributed by atoms with Gasteiger partial charge in [-0.25, -0.2) is 0 Å². The molecule has 112 valence electrons. The normalized spacial score (nSPS) is 12.1. The highest BCUT2D eigenvalue weighted by molar-refractivity contribution is 8.01. The Morgan fingerprint density at radius 1 is 1.33 bits per heavy atom. The molecule has 0 aliphatic rings. The van der Waals surface area contributed by atoms with Crippen LogP contribution in [0.5, 0.6) is 0 Å². The van der Waals surface area contributed by atoms with Gasteiger partial charge in [0.05, 0.1) is 6.42 Å². The third-order valence-electron chi connectivity index (χ3n) is 3.02. The number of aryl methyl sites for hydroxylation is 1. The van der Waals surface area contributed by atoms with Crippen LogP contribution in [0.4, 0.5) is 5.13 Å². The van der Waals surface area contributed by atoms with Crippen molar-refractivity contribution in [3.05, 3.63) is 35.4 Å². The maximum atomic E-state index is 12.0. The molecule has 1 unspecified atom stereocenters. The van der Waals surface area contributed by atoms with Gasteiger partial charge in [0.15, 0.2) is 4.34 Å². The summed E-state index contributed by atoms with van der Waals surface area (Å²) < 4.78 is 0.898. The number of carbonyl (C=O) groups excluding carboxylic acids is 1. The molecule has 0 saturated heterocycles. The first-order valence-corrected chi connectivity index (χ1v) is 8.62. The van der Waals surface area contributed by atoms with Gasteiger partial charge in [0, 0.05) is 5.25 Å². The molecule has 0 spiro atoms. The fraction of sp³-hybridized carbons (Fsp3) is 0.400. The Bertz CT molecular complexity index is 595. The molecule has 1 aromatic heterocycles. The highest BCUT2D eigenvalue weighted by atomic mass is 32.2. The molecule has 1 atom stereocenters. The minimum absolute atomic E-state index is 0.0601. The highest BCUT2D eigenvalue weighted by Gasteiger charge is 2.11. The molecular weight excluding hydrogens is 302 g/mol. The number of hydrogen-bond donors (Lipinski definition) is 1. The number of nitrogens with zero attached hydrogens (tertiary/aromatic N) is 2. The number of carbonyl (C=O) groups is 1. The lowest BCUT2D eigenvalue weighted by Crippen LogP contribution is -2.14. The molecule has 0 bridgehead atoms. The molecule has 6 heteroatoms. The van der Waals surface area contributed by atoms with E-state index in [2.05, 4.69) is 29.4 Å². The van der Waals surface area contributed by atoms with Crippen LogP contribution in [-0.4, -0.2) is 21.4 Å². The molecule has 0 saturated carbocycles. The fourth-order valence-corrected chi connectivity index (χ4v) is 3.63. The summed E-state index contributed by atoms with van der Waals surface area (Å²) in [5, 5.41) is 12.0. The lowest BCUT2D eigenvalue weighted by atomic mass is 10.1. The van der Waals surface area contributed by atoms with E-state index in [-0.39, 0.29) is 5.91 Å². The molecule has 1 amide bonds. The summed E-state index contributed by atoms with van der Waals surface area (Å²) in [6.07, 6.45) is 1.44. The molecular formula is C15H19N3OS2. The standard InChI is InChI=1S/C15H19N3OS2/c1-4-11(3)20-15-18-17-14(21-15)16-13(19)9-12-7-5-10(2)6-8-12/h5-8,11H,4,9H2,1-3H3,(H,16,17,19). The zero-order chi connectivity index (χ0) is 15.2. The maximum Gasteiger partial charge on any atom is 0.230 e. The van der Waals surface area contributed by atoms with Gasteiger partial charge in [0.1, 0.15) is 0 Å². The van der Waals surface area contributed by atoms with Gasteiger partial charge in [-0.05, 0) is 18.9 Å². The van der Waals surface area contributed by atoms with E-state index < -0.39 is 0 Å². The van der Waals surface area contributed by atoms with E-state index in [1.807, 2.05) is 31.2 Å². The Morgan fingerprint density at radius 3 is 2.71 bits per heavy atom. The molecule has 1 aromatic carbocycles. The number of aromatic nitrogens is 2. The van der Waals surface area contributed by atoms with Crippen LogP contribution in [0.1, 0.15) is 31.4 Å². The van der Waals surface area contributed by atoms with Crippen LogP contribution in [0.2, 0.25) is 0 Å². The van der Waals surface area contributed by atoms with Gasteiger partial charge in [-0.1, -0.05) is 66.8 Å². The summed E-state index contributed by atoms with van der Waals surface area (Å²) in [6.45, 7) is 6.33. The third kappa shape index (κ3) is 5.13. The van der Waals surface area contributed by atoms with Gasteiger partial charge in [0.25, 0.3) is 0 Å². The second-order valence-corrected chi connectivity index (χ2v) is 7.58. The Labute approximate surface area is 133 Å². The summed E-state index contributed by atoms with van der Waals surface area (Å²) >= 11 is 3.12. The minimum Gasteiger partial charge on any atom is -0.300 e. The van der Waals surface area contributed by atoms with E-state index in [0.29, 0.717) is 16.8 Å². The summed E-state index contributed by atoms with van der Waals surface area (Å²) in [5.41, 5.74) is 2.19. The highest BCUT2D eigenvalue weighted by Crippen LogP contribution is 2.29. The largest absolute Gasteiger partial charge is 0.300 e. The summed E-state index contributed by atoms with van der Waals surface area (Å²) in [6, 6.07) is 7.96. The Balaban J connectivity index is 1.89. The smallest absolute Gasteiger partial charge is 0.230 e. The van der Waals surface area contributed by atoms with Crippen molar-refractivity contribution in [2.45, 2.75) is 43.2 Å². The van der Waals surface area contributed by atoms with Crippen LogP contribution in [0, 0.1) is 6.92 Å². The SMILES string of the molecule is CCC(C)Sc1nnc(NC(=O)Cc2ccc(C)cc2)s1. The zero-order valence-corrected chi connectivity index (χ0v) is 14.1. The quantitative estimate of drug-likeness (QED) is 0.647. The van der Waals surface area contributed by atoms with E-state index in [1.54, 1.807) is 11.8 Å². The molecule has 21 heavy (non-hydrogen) atoms. The van der Waals surface area contributed by atoms with Crippen LogP contribution in [0.3, 0.4) is 0 Å². The minimum atomic E-state index is -0.0601. The van der Waals surface area contributed by atoms with Gasteiger partial charge >= 0.3 is 0 Å². The molecule has 0 radical (unpaired) electrons. The van der Waals surface area contributed by atoms with Crippen LogP contribution >= 0.6 is 23.1 Å². The fourth-order valence-electron chi connectivity index (χ4n) is 1.62. The zero-order valence-electron chi connectivity index (χ0n) is 12.4. The monoisotopic (exact) mass is 321 g/mol. The molecule has 1 heterocycles. The molecule has 1 N–H and O–H groups in total. The first-order chi connectivity index (χ1) is 10.1. The average molecular weight is 321 g/mol. The molecule has 0 aliphatic heterocycles. The first kappa shape index (κ1) is 16.0. The summed E-state index contributed by atoms with van der Waals surface area (Å²) in [4.78, 5) is 12.0. The van der Waals surface area contributed by atoms with Crippen molar-refractivity contribution in [3.63, 3.8) is 0 Å². The molecule has 0 aliphatic carbocycles. The van der Waals surface area contributed by atoms with Crippen molar-refractivity contribution in [1.29, 1.82) is 0 Å². The van der Waals surface area contributed by atoms with Crippen molar-refractivity contribution in [2.24, 2.45) is 0 Å². The summed E-state index contributed by atoms with van der Waals surface area (Å²) in [5.74, 6) is -0.0601. The number of thioether (sulfide) groups is 1. The Kier molecular flexibility index (Phi) is 5.76. The molecule has 2 aromatic rings. The van der Waals surface area contributed by atoms with Crippen LogP contribution in [0.15, 0.2) is 28.6 Å². The molecule has 4 nitrogen and oxygen atoms in total. The van der Waals surface area contributed by atoms with E-state index in [4.69, 9.17) is 0 Å². The second kappa shape index (κ2) is 7.56. The number of rotatable bonds is 6. The van der Waals surface area contributed by atoms with Gasteiger partial charge in [-0.2, -0.15) is 0 Å². The van der Waals surface area contributed by atoms with E-state index in [9.17, 15) is 4.79 Å². The number of amides is 1. The predicted molar refractivity (Wildman–Crippen MR) is 89.0 cm³/mol. The average Bonchev–Trinajstić information content (AvgIpc) is 2.88. The number of anilines is 1. The number of benzene rings is 1. The van der Waals surface area contributed by atoms with E-state index in [0.717, 1.165) is 16.3 Å². The van der Waals surface area contributed by atoms with Crippen molar-refractivity contribution in [2.75, 3.05) is 5.32 Å². The third-order valence-corrected chi connectivity index (χ3v) is 5.21. The van der Waals surface area contributed by atoms with Gasteiger partial charge in [-0.15, -0.1) is 10.2 Å². The van der Waals surface area contributed by atoms with Crippen LogP contribution in [0.25, 0.3) is 0 Å². The van der Waals surface area contributed by atoms with Crippen LogP contribution < -0.4 is 5.32 Å². The predicted octanol–water partition coefficient (Wildman–Crippen LogP) is 3.92. The van der Waals surface area contributed by atoms with E-state index in [1.165, 1.54) is 16.9 Å². The maximum absolute atomic E-state index is 12.0. The first-order valence-electron chi connectivity index (χ1n) is 6.92. The Morgan fingerprint density at radius 2 is 2.05 bits per heavy atom. The number of hydrogen-bond acceptors (Lipinski definition) is 5. The lowest BCUT2D eigenvalue weighted by molar-refractivity contribution is -0.115. The van der Waals surface area contributed by atoms with Gasteiger partial charge in [-0.3, -0.25) is 4.79 Å². The van der Waals surface area contributed by atoms with Crippen molar-refractivity contribution in [1.82, 2.24) is 10.2 Å². The molecule has 2 rings (SSSR count). The van der Waals surface area contributed by atoms with Gasteiger partial charge in [0.2, 0.25) is 11.0 Å². The number of nitrogens with one attached hydrogen (secondary N) is 1. The van der Waals surface area contributed by atoms with Crippen LogP contribution in [-0.2, 0) is 11.2 Å². The van der Waals surface area contributed by atoms with E-state index >= 15 is 0 Å². The van der Waals surface area contributed by atoms with Crippen molar-refractivity contribution >= 4 is 34.1 Å². The Hall–Kier alpha value is -1.40. The van der Waals surface area contributed by atoms with Crippen molar-refractivity contribution in [3.8, 4) is 0 Å². The topological polar surface area (TPSA) is 54.9 Å².